The van der Waals surface area contributed by atoms with Crippen LogP contribution < -0.4 is 15.8 Å². The van der Waals surface area contributed by atoms with Gasteiger partial charge in [-0.2, -0.15) is 0 Å². The van der Waals surface area contributed by atoms with Gasteiger partial charge >= 0.3 is 0 Å². The van der Waals surface area contributed by atoms with Gasteiger partial charge in [-0.1, -0.05) is 12.1 Å². The zero-order chi connectivity index (χ0) is 15.9. The number of hydrogen-bond donors (Lipinski definition) is 3. The normalized spacial score (nSPS) is 11.0. The third kappa shape index (κ3) is 4.66. The predicted molar refractivity (Wildman–Crippen MR) is 86.0 cm³/mol. The molecule has 0 fully saturated rings. The van der Waals surface area contributed by atoms with Crippen LogP contribution >= 0.6 is 0 Å². The Morgan fingerprint density at radius 2 is 2.09 bits per heavy atom. The molecule has 6 heteroatoms. The van der Waals surface area contributed by atoms with Crippen molar-refractivity contribution in [2.45, 2.75) is 19.3 Å². The molecule has 1 heterocycles. The Bertz CT molecular complexity index is 694. The van der Waals surface area contributed by atoms with Crippen LogP contribution in [0.5, 0.6) is 0 Å². The largest absolute Gasteiger partial charge is 0.356 e. The third-order valence-corrected chi connectivity index (χ3v) is 3.43. The second-order valence-electron chi connectivity index (χ2n) is 5.69. The molecule has 2 rings (SSSR count). The van der Waals surface area contributed by atoms with Crippen LogP contribution in [0.25, 0.3) is 10.9 Å². The molecule has 0 bridgehead atoms. The van der Waals surface area contributed by atoms with Crippen LogP contribution in [0.2, 0.25) is 0 Å². The van der Waals surface area contributed by atoms with Gasteiger partial charge in [-0.25, -0.2) is 4.98 Å². The van der Waals surface area contributed by atoms with Gasteiger partial charge < -0.3 is 15.2 Å². The first-order valence-electron chi connectivity index (χ1n) is 7.60. The van der Waals surface area contributed by atoms with Crippen LogP contribution in [0.4, 0.5) is 0 Å². The number of fused-ring (bicyclic) bond motifs is 1. The van der Waals surface area contributed by atoms with Crippen LogP contribution in [0.3, 0.4) is 0 Å². The number of aromatic amines is 1. The molecule has 0 aliphatic heterocycles. The number of hydrogen-bond acceptors (Lipinski definition) is 3. The fourth-order valence-electron chi connectivity index (χ4n) is 2.24. The van der Waals surface area contributed by atoms with E-state index in [1.54, 1.807) is 12.1 Å². The van der Waals surface area contributed by atoms with Gasteiger partial charge in [0.05, 0.1) is 31.5 Å². The van der Waals surface area contributed by atoms with Gasteiger partial charge in [0.1, 0.15) is 5.82 Å². The Balaban J connectivity index is 1.86. The quantitative estimate of drug-likeness (QED) is 0.604. The molecule has 6 nitrogen and oxygen atoms in total. The maximum atomic E-state index is 11.9. The number of quaternary nitrogens is 1. The summed E-state index contributed by atoms with van der Waals surface area (Å²) in [6.45, 7) is 1.71. The van der Waals surface area contributed by atoms with Crippen molar-refractivity contribution < 1.29 is 9.69 Å². The van der Waals surface area contributed by atoms with E-state index in [1.165, 1.54) is 4.90 Å². The molecule has 0 radical (unpaired) electrons. The van der Waals surface area contributed by atoms with Crippen molar-refractivity contribution in [2.75, 3.05) is 27.2 Å². The van der Waals surface area contributed by atoms with Crippen molar-refractivity contribution in [3.63, 3.8) is 0 Å². The number of nitrogens with one attached hydrogen (secondary N) is 3. The molecular weight excluding hydrogens is 280 g/mol. The van der Waals surface area contributed by atoms with E-state index >= 15 is 0 Å². The summed E-state index contributed by atoms with van der Waals surface area (Å²) in [6.07, 6.45) is 1.72. The average molecular weight is 303 g/mol. The van der Waals surface area contributed by atoms with Gasteiger partial charge in [0.15, 0.2) is 0 Å². The summed E-state index contributed by atoms with van der Waals surface area (Å²) in [5.41, 5.74) is 0.505. The van der Waals surface area contributed by atoms with E-state index in [9.17, 15) is 9.59 Å². The molecule has 1 amide bonds. The lowest BCUT2D eigenvalue weighted by Gasteiger charge is -2.08. The Morgan fingerprint density at radius 3 is 2.86 bits per heavy atom. The van der Waals surface area contributed by atoms with Crippen molar-refractivity contribution in [3.05, 3.63) is 40.4 Å². The average Bonchev–Trinajstić information content (AvgIpc) is 2.49. The fraction of sp³-hybridized carbons (Fsp3) is 0.438. The van der Waals surface area contributed by atoms with Crippen LogP contribution in [0, 0.1) is 0 Å². The van der Waals surface area contributed by atoms with Crippen LogP contribution in [-0.2, 0) is 11.2 Å². The highest BCUT2D eigenvalue weighted by molar-refractivity contribution is 5.77. The van der Waals surface area contributed by atoms with E-state index in [0.29, 0.717) is 36.1 Å². The number of carbonyl (C=O) groups excluding carboxylic acids is 1. The Labute approximate surface area is 129 Å². The predicted octanol–water partition coefficient (Wildman–Crippen LogP) is -0.493. The van der Waals surface area contributed by atoms with Crippen molar-refractivity contribution >= 4 is 16.8 Å². The lowest BCUT2D eigenvalue weighted by molar-refractivity contribution is -0.858. The molecule has 0 aliphatic carbocycles. The SMILES string of the molecule is C[NH+](C)CCCNC(=O)CCc1nc2ccccc2c(=O)[nH]1. The Kier molecular flexibility index (Phi) is 5.66. The first-order valence-corrected chi connectivity index (χ1v) is 7.60. The zero-order valence-corrected chi connectivity index (χ0v) is 13.1. The molecule has 1 aromatic carbocycles. The van der Waals surface area contributed by atoms with E-state index < -0.39 is 0 Å². The summed E-state index contributed by atoms with van der Waals surface area (Å²) < 4.78 is 0. The summed E-state index contributed by atoms with van der Waals surface area (Å²) >= 11 is 0. The van der Waals surface area contributed by atoms with Crippen LogP contribution in [0.15, 0.2) is 29.1 Å². The van der Waals surface area contributed by atoms with E-state index in [0.717, 1.165) is 13.0 Å². The molecule has 0 spiro atoms. The minimum atomic E-state index is -0.157. The molecule has 118 valence electrons. The number of H-pyrrole nitrogens is 1. The molecule has 0 unspecified atom stereocenters. The number of nitrogens with zero attached hydrogens (tertiary/aromatic N) is 1. The highest BCUT2D eigenvalue weighted by Crippen LogP contribution is 2.06. The maximum absolute atomic E-state index is 11.9. The number of rotatable bonds is 7. The topological polar surface area (TPSA) is 79.3 Å². The second kappa shape index (κ2) is 7.70. The number of carbonyl (C=O) groups is 1. The van der Waals surface area contributed by atoms with Crippen LogP contribution in [0.1, 0.15) is 18.7 Å². The minimum absolute atomic E-state index is 0.00966. The smallest absolute Gasteiger partial charge is 0.258 e. The molecule has 3 N–H and O–H groups in total. The molecule has 0 atom stereocenters. The Hall–Kier alpha value is -2.21. The molecule has 0 aliphatic rings. The zero-order valence-electron chi connectivity index (χ0n) is 13.1. The van der Waals surface area contributed by atoms with E-state index in [1.807, 2.05) is 12.1 Å². The van der Waals surface area contributed by atoms with Crippen LogP contribution in [-0.4, -0.2) is 43.1 Å². The van der Waals surface area contributed by atoms with Crippen molar-refractivity contribution in [1.82, 2.24) is 15.3 Å². The molecular formula is C16H23N4O2+. The molecule has 2 aromatic rings. The van der Waals surface area contributed by atoms with E-state index in [-0.39, 0.29) is 11.5 Å². The standard InChI is InChI=1S/C16H22N4O2/c1-20(2)11-5-10-17-15(21)9-8-14-18-13-7-4-3-6-12(13)16(22)19-14/h3-4,6-7H,5,8-11H2,1-2H3,(H,17,21)(H,18,19,22)/p+1. The Morgan fingerprint density at radius 1 is 1.32 bits per heavy atom. The fourth-order valence-corrected chi connectivity index (χ4v) is 2.24. The van der Waals surface area contributed by atoms with E-state index in [2.05, 4.69) is 29.4 Å². The summed E-state index contributed by atoms with van der Waals surface area (Å²) in [4.78, 5) is 32.2. The van der Waals surface area contributed by atoms with Crippen molar-refractivity contribution in [3.8, 4) is 0 Å². The first-order chi connectivity index (χ1) is 10.6. The number of para-hydroxylation sites is 1. The molecule has 22 heavy (non-hydrogen) atoms. The second-order valence-corrected chi connectivity index (χ2v) is 5.69. The highest BCUT2D eigenvalue weighted by Gasteiger charge is 2.06. The third-order valence-electron chi connectivity index (χ3n) is 3.43. The lowest BCUT2D eigenvalue weighted by Crippen LogP contribution is -3.05. The maximum Gasteiger partial charge on any atom is 0.258 e. The van der Waals surface area contributed by atoms with Crippen molar-refractivity contribution in [2.24, 2.45) is 0 Å². The first kappa shape index (κ1) is 16.2. The number of amides is 1. The molecule has 1 aromatic heterocycles. The minimum Gasteiger partial charge on any atom is -0.356 e. The number of aromatic nitrogens is 2. The molecule has 0 saturated heterocycles. The number of benzene rings is 1. The summed E-state index contributed by atoms with van der Waals surface area (Å²) in [5, 5.41) is 3.46. The summed E-state index contributed by atoms with van der Waals surface area (Å²) in [6, 6.07) is 7.20. The monoisotopic (exact) mass is 303 g/mol. The highest BCUT2D eigenvalue weighted by atomic mass is 16.1. The van der Waals surface area contributed by atoms with Crippen molar-refractivity contribution in [1.29, 1.82) is 0 Å². The van der Waals surface area contributed by atoms with Gasteiger partial charge in [0.25, 0.3) is 5.56 Å². The summed E-state index contributed by atoms with van der Waals surface area (Å²) in [7, 11) is 4.17. The molecule has 0 saturated carbocycles. The van der Waals surface area contributed by atoms with Gasteiger partial charge in [-0.15, -0.1) is 0 Å². The number of aryl methyl sites for hydroxylation is 1. The van der Waals surface area contributed by atoms with Gasteiger partial charge in [-0.05, 0) is 12.1 Å². The summed E-state index contributed by atoms with van der Waals surface area (Å²) in [5.74, 6) is 0.543. The lowest BCUT2D eigenvalue weighted by atomic mass is 10.2. The van der Waals surface area contributed by atoms with Gasteiger partial charge in [0, 0.05) is 25.8 Å². The van der Waals surface area contributed by atoms with Gasteiger partial charge in [-0.3, -0.25) is 9.59 Å². The van der Waals surface area contributed by atoms with E-state index in [4.69, 9.17) is 0 Å². The van der Waals surface area contributed by atoms with Gasteiger partial charge in [0.2, 0.25) is 5.91 Å².